The summed E-state index contributed by atoms with van der Waals surface area (Å²) in [6.07, 6.45) is 3.24. The monoisotopic (exact) mass is 216 g/mol. The van der Waals surface area contributed by atoms with Crippen LogP contribution in [0.4, 0.5) is 0 Å². The maximum absolute atomic E-state index is 10.8. The second-order valence-corrected chi connectivity index (χ2v) is 3.10. The largest absolute Gasteiger partial charge is 0.478 e. The van der Waals surface area contributed by atoms with Gasteiger partial charge in [0.15, 0.2) is 0 Å². The van der Waals surface area contributed by atoms with Gasteiger partial charge in [0.2, 0.25) is 0 Å². The van der Waals surface area contributed by atoms with E-state index in [0.717, 1.165) is 18.9 Å². The van der Waals surface area contributed by atoms with Crippen molar-refractivity contribution in [2.24, 2.45) is 0 Å². The van der Waals surface area contributed by atoms with Crippen molar-refractivity contribution in [1.29, 1.82) is 0 Å². The van der Waals surface area contributed by atoms with Gasteiger partial charge in [-0.2, -0.15) is 0 Å². The van der Waals surface area contributed by atoms with Crippen molar-refractivity contribution in [3.05, 3.63) is 12.2 Å². The van der Waals surface area contributed by atoms with Crippen molar-refractivity contribution in [3.63, 3.8) is 0 Å². The lowest BCUT2D eigenvalue weighted by molar-refractivity contribution is -0.141. The molecule has 0 aliphatic heterocycles. The first-order valence-corrected chi connectivity index (χ1v) is 4.82. The summed E-state index contributed by atoms with van der Waals surface area (Å²) in [6.45, 7) is 1.90. The van der Waals surface area contributed by atoms with Gasteiger partial charge < -0.3 is 14.9 Å². The highest BCUT2D eigenvalue weighted by atomic mass is 16.5. The van der Waals surface area contributed by atoms with Crippen LogP contribution in [0, 0.1) is 0 Å². The van der Waals surface area contributed by atoms with Gasteiger partial charge in [-0.05, 0) is 6.42 Å². The minimum Gasteiger partial charge on any atom is -0.478 e. The molecule has 0 aromatic rings. The summed E-state index contributed by atoms with van der Waals surface area (Å²) in [5.74, 6) is -1.97. The van der Waals surface area contributed by atoms with Gasteiger partial charge in [-0.25, -0.2) is 9.59 Å². The summed E-state index contributed by atoms with van der Waals surface area (Å²) in [7, 11) is 0. The Kier molecular flexibility index (Phi) is 7.27. The second kappa shape index (κ2) is 7.99. The molecule has 0 radical (unpaired) electrons. The number of carboxylic acid groups (broad SMARTS) is 1. The Hall–Kier alpha value is -1.36. The maximum Gasteiger partial charge on any atom is 0.331 e. The third kappa shape index (κ3) is 8.96. The van der Waals surface area contributed by atoms with Crippen LogP contribution in [0.2, 0.25) is 0 Å². The number of aliphatic hydroxyl groups is 1. The van der Waals surface area contributed by atoms with Gasteiger partial charge in [-0.1, -0.05) is 19.8 Å². The smallest absolute Gasteiger partial charge is 0.331 e. The maximum atomic E-state index is 10.8. The van der Waals surface area contributed by atoms with Crippen molar-refractivity contribution >= 4 is 11.9 Å². The van der Waals surface area contributed by atoms with E-state index >= 15 is 0 Å². The molecule has 0 fully saturated rings. The number of carbonyl (C=O) groups is 2. The van der Waals surface area contributed by atoms with Gasteiger partial charge >= 0.3 is 11.9 Å². The van der Waals surface area contributed by atoms with Gasteiger partial charge in [0.25, 0.3) is 0 Å². The lowest BCUT2D eigenvalue weighted by Gasteiger charge is -2.08. The van der Waals surface area contributed by atoms with Crippen molar-refractivity contribution in [1.82, 2.24) is 0 Å². The topological polar surface area (TPSA) is 83.8 Å². The number of ether oxygens (including phenoxy) is 1. The van der Waals surface area contributed by atoms with Crippen LogP contribution in [0.15, 0.2) is 12.2 Å². The predicted octanol–water partition coefficient (Wildman–Crippen LogP) is 0.721. The third-order valence-electron chi connectivity index (χ3n) is 1.67. The first-order chi connectivity index (χ1) is 7.06. The Morgan fingerprint density at radius 2 is 2.07 bits per heavy atom. The number of unbranched alkanes of at least 4 members (excludes halogenated alkanes) is 1. The molecule has 1 atom stereocenters. The first-order valence-electron chi connectivity index (χ1n) is 4.82. The molecule has 0 spiro atoms. The Morgan fingerprint density at radius 3 is 2.60 bits per heavy atom. The van der Waals surface area contributed by atoms with E-state index in [1.807, 2.05) is 6.92 Å². The highest BCUT2D eigenvalue weighted by Crippen LogP contribution is 2.00. The molecule has 0 saturated heterocycles. The van der Waals surface area contributed by atoms with E-state index in [2.05, 4.69) is 4.74 Å². The molecule has 1 unspecified atom stereocenters. The number of rotatable bonds is 7. The van der Waals surface area contributed by atoms with Gasteiger partial charge in [0, 0.05) is 12.2 Å². The number of carbonyl (C=O) groups excluding carboxylic acids is 1. The molecule has 0 aromatic carbocycles. The average molecular weight is 216 g/mol. The Bertz CT molecular complexity index is 234. The molecule has 0 saturated carbocycles. The minimum absolute atomic E-state index is 0.0945. The SMILES string of the molecule is CCCCC(O)COC(=O)/C=C/C(=O)O. The second-order valence-electron chi connectivity index (χ2n) is 3.10. The Morgan fingerprint density at radius 1 is 1.40 bits per heavy atom. The summed E-state index contributed by atoms with van der Waals surface area (Å²) in [4.78, 5) is 20.9. The summed E-state index contributed by atoms with van der Waals surface area (Å²) in [5, 5.41) is 17.5. The van der Waals surface area contributed by atoms with Gasteiger partial charge in [-0.3, -0.25) is 0 Å². The number of hydrogen-bond donors (Lipinski definition) is 2. The molecular weight excluding hydrogens is 200 g/mol. The zero-order chi connectivity index (χ0) is 11.7. The number of esters is 1. The Balaban J connectivity index is 3.66. The van der Waals surface area contributed by atoms with Gasteiger partial charge in [0.05, 0.1) is 6.10 Å². The van der Waals surface area contributed by atoms with Crippen LogP contribution < -0.4 is 0 Å². The zero-order valence-corrected chi connectivity index (χ0v) is 8.68. The zero-order valence-electron chi connectivity index (χ0n) is 8.68. The van der Waals surface area contributed by atoms with Crippen molar-refractivity contribution in [2.75, 3.05) is 6.61 Å². The first kappa shape index (κ1) is 13.6. The molecular formula is C10H16O5. The minimum atomic E-state index is -1.21. The van der Waals surface area contributed by atoms with Crippen molar-refractivity contribution in [2.45, 2.75) is 32.3 Å². The van der Waals surface area contributed by atoms with Crippen LogP contribution in [-0.2, 0) is 14.3 Å². The number of aliphatic hydroxyl groups excluding tert-OH is 1. The Labute approximate surface area is 88.4 Å². The third-order valence-corrected chi connectivity index (χ3v) is 1.67. The number of aliphatic carboxylic acids is 1. The molecule has 0 aliphatic rings. The van der Waals surface area contributed by atoms with Crippen molar-refractivity contribution < 1.29 is 24.5 Å². The molecule has 0 aliphatic carbocycles. The molecule has 2 N–H and O–H groups in total. The molecule has 0 aromatic heterocycles. The molecule has 0 heterocycles. The highest BCUT2D eigenvalue weighted by Gasteiger charge is 2.06. The summed E-state index contributed by atoms with van der Waals surface area (Å²) < 4.78 is 4.61. The fourth-order valence-corrected chi connectivity index (χ4v) is 0.889. The molecule has 15 heavy (non-hydrogen) atoms. The van der Waals surface area contributed by atoms with E-state index in [4.69, 9.17) is 5.11 Å². The molecule has 0 bridgehead atoms. The predicted molar refractivity (Wildman–Crippen MR) is 53.3 cm³/mol. The van der Waals surface area contributed by atoms with E-state index in [-0.39, 0.29) is 6.61 Å². The van der Waals surface area contributed by atoms with Crippen LogP contribution >= 0.6 is 0 Å². The van der Waals surface area contributed by atoms with Gasteiger partial charge in [-0.15, -0.1) is 0 Å². The fraction of sp³-hybridized carbons (Fsp3) is 0.600. The van der Waals surface area contributed by atoms with Crippen molar-refractivity contribution in [3.8, 4) is 0 Å². The van der Waals surface area contributed by atoms with E-state index in [9.17, 15) is 14.7 Å². The number of carboxylic acids is 1. The average Bonchev–Trinajstić information content (AvgIpc) is 2.20. The summed E-state index contributed by atoms with van der Waals surface area (Å²) >= 11 is 0. The molecule has 5 nitrogen and oxygen atoms in total. The number of hydrogen-bond acceptors (Lipinski definition) is 4. The lowest BCUT2D eigenvalue weighted by atomic mass is 10.2. The van der Waals surface area contributed by atoms with E-state index < -0.39 is 18.0 Å². The molecule has 86 valence electrons. The lowest BCUT2D eigenvalue weighted by Crippen LogP contribution is -2.17. The van der Waals surface area contributed by atoms with Gasteiger partial charge in [0.1, 0.15) is 6.61 Å². The fourth-order valence-electron chi connectivity index (χ4n) is 0.889. The normalized spacial score (nSPS) is 12.7. The van der Waals surface area contributed by atoms with Crippen LogP contribution in [0.5, 0.6) is 0 Å². The molecule has 0 rings (SSSR count). The van der Waals surface area contributed by atoms with E-state index in [0.29, 0.717) is 12.5 Å². The summed E-state index contributed by atoms with van der Waals surface area (Å²) in [5.41, 5.74) is 0. The van der Waals surface area contributed by atoms with Crippen LogP contribution in [0.1, 0.15) is 26.2 Å². The van der Waals surface area contributed by atoms with Crippen LogP contribution in [0.3, 0.4) is 0 Å². The van der Waals surface area contributed by atoms with Crippen LogP contribution in [0.25, 0.3) is 0 Å². The van der Waals surface area contributed by atoms with Crippen LogP contribution in [-0.4, -0.2) is 34.9 Å². The standard InChI is InChI=1S/C10H16O5/c1-2-3-4-8(11)7-15-10(14)6-5-9(12)13/h5-6,8,11H,2-4,7H2,1H3,(H,12,13)/b6-5+. The highest BCUT2D eigenvalue weighted by molar-refractivity contribution is 5.90. The summed E-state index contributed by atoms with van der Waals surface area (Å²) in [6, 6.07) is 0. The van der Waals surface area contributed by atoms with E-state index in [1.54, 1.807) is 0 Å². The van der Waals surface area contributed by atoms with E-state index in [1.165, 1.54) is 0 Å². The molecule has 0 amide bonds. The quantitative estimate of drug-likeness (QED) is 0.484. The molecule has 5 heteroatoms.